The maximum absolute atomic E-state index is 12.5. The number of methoxy groups -OCH3 is 1. The van der Waals surface area contributed by atoms with Crippen molar-refractivity contribution >= 4 is 21.7 Å². The van der Waals surface area contributed by atoms with E-state index in [2.05, 4.69) is 25.2 Å². The van der Waals surface area contributed by atoms with Crippen molar-refractivity contribution in [2.24, 2.45) is 0 Å². The third-order valence-corrected chi connectivity index (χ3v) is 5.11. The van der Waals surface area contributed by atoms with Gasteiger partial charge in [0.2, 0.25) is 0 Å². The number of aryl methyl sites for hydroxylation is 1. The molecule has 140 valence electrons. The SMILES string of the molecule is COc1ccc(S(=O)(=O)Nc2ccc(NCc3ccccn3)nn2)cc1C. The Hall–Kier alpha value is -3.20. The first kappa shape index (κ1) is 18.6. The number of benzene rings is 1. The Morgan fingerprint density at radius 1 is 1.04 bits per heavy atom. The lowest BCUT2D eigenvalue weighted by Gasteiger charge is -2.10. The topological polar surface area (TPSA) is 106 Å². The van der Waals surface area contributed by atoms with Gasteiger partial charge in [0.05, 0.1) is 24.2 Å². The van der Waals surface area contributed by atoms with Crippen LogP contribution in [-0.4, -0.2) is 30.7 Å². The number of hydrogen-bond acceptors (Lipinski definition) is 7. The molecule has 3 rings (SSSR count). The quantitative estimate of drug-likeness (QED) is 0.644. The maximum atomic E-state index is 12.5. The normalized spacial score (nSPS) is 11.0. The fraction of sp³-hybridized carbons (Fsp3) is 0.167. The number of anilines is 2. The summed E-state index contributed by atoms with van der Waals surface area (Å²) in [4.78, 5) is 4.33. The molecule has 3 aromatic rings. The molecule has 2 aromatic heterocycles. The summed E-state index contributed by atoms with van der Waals surface area (Å²) in [6, 6.07) is 13.4. The highest BCUT2D eigenvalue weighted by Gasteiger charge is 2.16. The Morgan fingerprint density at radius 3 is 2.44 bits per heavy atom. The van der Waals surface area contributed by atoms with Gasteiger partial charge in [0.1, 0.15) is 11.6 Å². The van der Waals surface area contributed by atoms with Gasteiger partial charge in [-0.15, -0.1) is 10.2 Å². The molecule has 27 heavy (non-hydrogen) atoms. The molecule has 0 spiro atoms. The van der Waals surface area contributed by atoms with Crippen molar-refractivity contribution in [2.45, 2.75) is 18.4 Å². The fourth-order valence-corrected chi connectivity index (χ4v) is 3.46. The summed E-state index contributed by atoms with van der Waals surface area (Å²) in [5.41, 5.74) is 1.58. The lowest BCUT2D eigenvalue weighted by Crippen LogP contribution is -2.15. The largest absolute Gasteiger partial charge is 0.496 e. The van der Waals surface area contributed by atoms with Crippen LogP contribution in [0, 0.1) is 6.92 Å². The predicted octanol–water partition coefficient (Wildman–Crippen LogP) is 2.60. The van der Waals surface area contributed by atoms with E-state index in [9.17, 15) is 8.42 Å². The summed E-state index contributed by atoms with van der Waals surface area (Å²) in [6.07, 6.45) is 1.71. The second-order valence-electron chi connectivity index (χ2n) is 5.72. The first-order valence-corrected chi connectivity index (χ1v) is 9.61. The molecule has 0 saturated heterocycles. The lowest BCUT2D eigenvalue weighted by molar-refractivity contribution is 0.411. The number of aromatic nitrogens is 3. The van der Waals surface area contributed by atoms with Gasteiger partial charge in [-0.3, -0.25) is 9.71 Å². The second-order valence-corrected chi connectivity index (χ2v) is 7.40. The summed E-state index contributed by atoms with van der Waals surface area (Å²) in [6.45, 7) is 2.27. The van der Waals surface area contributed by atoms with Crippen LogP contribution in [0.5, 0.6) is 5.75 Å². The molecule has 0 aliphatic heterocycles. The minimum absolute atomic E-state index is 0.125. The van der Waals surface area contributed by atoms with E-state index in [4.69, 9.17) is 4.74 Å². The molecule has 0 fully saturated rings. The van der Waals surface area contributed by atoms with E-state index in [0.29, 0.717) is 18.1 Å². The second kappa shape index (κ2) is 8.00. The number of nitrogens with one attached hydrogen (secondary N) is 2. The third kappa shape index (κ3) is 4.70. The maximum Gasteiger partial charge on any atom is 0.263 e. The first-order chi connectivity index (χ1) is 13.0. The molecule has 0 saturated carbocycles. The lowest BCUT2D eigenvalue weighted by atomic mass is 10.2. The van der Waals surface area contributed by atoms with Gasteiger partial charge in [0.25, 0.3) is 10.0 Å². The van der Waals surface area contributed by atoms with Crippen molar-refractivity contribution in [3.05, 3.63) is 66.0 Å². The zero-order chi connectivity index (χ0) is 19.3. The fourth-order valence-electron chi connectivity index (χ4n) is 2.38. The van der Waals surface area contributed by atoms with Gasteiger partial charge < -0.3 is 10.1 Å². The molecule has 2 N–H and O–H groups in total. The molecule has 0 aliphatic carbocycles. The summed E-state index contributed by atoms with van der Waals surface area (Å²) in [7, 11) is -2.23. The molecular weight excluding hydrogens is 366 g/mol. The average Bonchev–Trinajstić information content (AvgIpc) is 2.68. The van der Waals surface area contributed by atoms with E-state index in [-0.39, 0.29) is 10.7 Å². The summed E-state index contributed by atoms with van der Waals surface area (Å²) < 4.78 is 32.6. The number of ether oxygens (including phenoxy) is 1. The van der Waals surface area contributed by atoms with Gasteiger partial charge in [-0.2, -0.15) is 0 Å². The first-order valence-electron chi connectivity index (χ1n) is 8.13. The minimum Gasteiger partial charge on any atom is -0.496 e. The van der Waals surface area contributed by atoms with Gasteiger partial charge in [0, 0.05) is 6.20 Å². The van der Waals surface area contributed by atoms with Crippen LogP contribution < -0.4 is 14.8 Å². The smallest absolute Gasteiger partial charge is 0.263 e. The van der Waals surface area contributed by atoms with Gasteiger partial charge >= 0.3 is 0 Å². The molecule has 8 nitrogen and oxygen atoms in total. The van der Waals surface area contributed by atoms with Gasteiger partial charge in [-0.1, -0.05) is 6.07 Å². The number of nitrogens with zero attached hydrogens (tertiary/aromatic N) is 3. The van der Waals surface area contributed by atoms with Crippen LogP contribution in [0.15, 0.2) is 59.6 Å². The number of rotatable bonds is 7. The van der Waals surface area contributed by atoms with E-state index in [1.807, 2.05) is 18.2 Å². The molecule has 0 bridgehead atoms. The summed E-state index contributed by atoms with van der Waals surface area (Å²) in [5.74, 6) is 1.27. The van der Waals surface area contributed by atoms with Crippen LogP contribution in [-0.2, 0) is 16.6 Å². The molecule has 0 radical (unpaired) electrons. The van der Waals surface area contributed by atoms with Crippen LogP contribution in [0.25, 0.3) is 0 Å². The predicted molar refractivity (Wildman–Crippen MR) is 102 cm³/mol. The van der Waals surface area contributed by atoms with Gasteiger partial charge in [0.15, 0.2) is 5.82 Å². The van der Waals surface area contributed by atoms with Gasteiger partial charge in [-0.05, 0) is 55.0 Å². The Kier molecular flexibility index (Phi) is 5.51. The van der Waals surface area contributed by atoms with E-state index in [1.54, 1.807) is 31.3 Å². The van der Waals surface area contributed by atoms with E-state index >= 15 is 0 Å². The monoisotopic (exact) mass is 385 g/mol. The van der Waals surface area contributed by atoms with Crippen molar-refractivity contribution < 1.29 is 13.2 Å². The van der Waals surface area contributed by atoms with E-state index in [0.717, 1.165) is 11.3 Å². The van der Waals surface area contributed by atoms with E-state index < -0.39 is 10.0 Å². The highest BCUT2D eigenvalue weighted by molar-refractivity contribution is 7.92. The molecule has 2 heterocycles. The highest BCUT2D eigenvalue weighted by atomic mass is 32.2. The molecule has 0 amide bonds. The molecule has 0 unspecified atom stereocenters. The Morgan fingerprint density at radius 2 is 1.81 bits per heavy atom. The van der Waals surface area contributed by atoms with Crippen LogP contribution in [0.4, 0.5) is 11.6 Å². The van der Waals surface area contributed by atoms with Crippen LogP contribution in [0.1, 0.15) is 11.3 Å². The van der Waals surface area contributed by atoms with Gasteiger partial charge in [-0.25, -0.2) is 8.42 Å². The number of pyridine rings is 1. The Labute approximate surface area is 157 Å². The zero-order valence-electron chi connectivity index (χ0n) is 14.9. The Balaban J connectivity index is 1.67. The Bertz CT molecular complexity index is 1010. The molecule has 0 atom stereocenters. The number of hydrogen-bond donors (Lipinski definition) is 2. The number of sulfonamides is 1. The summed E-state index contributed by atoms with van der Waals surface area (Å²) >= 11 is 0. The van der Waals surface area contributed by atoms with Crippen LogP contribution in [0.3, 0.4) is 0 Å². The molecular formula is C18H19N5O3S. The molecule has 0 aliphatic rings. The minimum atomic E-state index is -3.77. The zero-order valence-corrected chi connectivity index (χ0v) is 15.7. The van der Waals surface area contributed by atoms with Crippen molar-refractivity contribution in [3.8, 4) is 5.75 Å². The molecule has 9 heteroatoms. The third-order valence-electron chi connectivity index (χ3n) is 3.76. The standard InChI is InChI=1S/C18H19N5O3S/c1-13-11-15(6-7-16(13)26-2)27(24,25)23-18-9-8-17(21-22-18)20-12-14-5-3-4-10-19-14/h3-11H,12H2,1-2H3,(H,20,21)(H,22,23). The summed E-state index contributed by atoms with van der Waals surface area (Å²) in [5, 5.41) is 11.0. The average molecular weight is 385 g/mol. The van der Waals surface area contributed by atoms with Crippen molar-refractivity contribution in [1.29, 1.82) is 0 Å². The van der Waals surface area contributed by atoms with Crippen LogP contribution >= 0.6 is 0 Å². The van der Waals surface area contributed by atoms with Crippen molar-refractivity contribution in [1.82, 2.24) is 15.2 Å². The van der Waals surface area contributed by atoms with E-state index in [1.165, 1.54) is 19.2 Å². The van der Waals surface area contributed by atoms with Crippen molar-refractivity contribution in [2.75, 3.05) is 17.1 Å². The van der Waals surface area contributed by atoms with Crippen LogP contribution in [0.2, 0.25) is 0 Å². The molecule has 1 aromatic carbocycles. The van der Waals surface area contributed by atoms with Crippen molar-refractivity contribution in [3.63, 3.8) is 0 Å². The highest BCUT2D eigenvalue weighted by Crippen LogP contribution is 2.22.